The van der Waals surface area contributed by atoms with Crippen molar-refractivity contribution in [1.82, 2.24) is 0 Å². The van der Waals surface area contributed by atoms with Gasteiger partial charge in [-0.25, -0.2) is 0 Å². The van der Waals surface area contributed by atoms with Crippen molar-refractivity contribution < 1.29 is 0 Å². The van der Waals surface area contributed by atoms with Gasteiger partial charge < -0.3 is 0 Å². The molecule has 0 saturated carbocycles. The first kappa shape index (κ1) is 15.0. The number of aryl methyl sites for hydroxylation is 1. The fourth-order valence-electron chi connectivity index (χ4n) is 2.10. The predicted molar refractivity (Wildman–Crippen MR) is 95.2 cm³/mol. The van der Waals surface area contributed by atoms with E-state index in [4.69, 9.17) is 0 Å². The van der Waals surface area contributed by atoms with Crippen molar-refractivity contribution >= 4 is 38.5 Å². The Hall–Kier alpha value is -0.350. The highest BCUT2D eigenvalue weighted by Crippen LogP contribution is 2.35. The van der Waals surface area contributed by atoms with Gasteiger partial charge in [-0.1, -0.05) is 72.2 Å². The van der Waals surface area contributed by atoms with Crippen LogP contribution in [0.2, 0.25) is 0 Å². The Kier molecular flexibility index (Phi) is 5.07. The molecule has 0 amide bonds. The molecule has 0 aliphatic heterocycles. The molecule has 2 heteroatoms. The van der Waals surface area contributed by atoms with Crippen molar-refractivity contribution in [2.75, 3.05) is 0 Å². The van der Waals surface area contributed by atoms with Crippen LogP contribution < -0.4 is 0 Å². The summed E-state index contributed by atoms with van der Waals surface area (Å²) in [4.78, 5) is 0.264. The third-order valence-electron chi connectivity index (χ3n) is 3.39. The molecule has 19 heavy (non-hydrogen) atoms. The molecule has 0 saturated heterocycles. The third kappa shape index (κ3) is 3.40. The molecule has 0 bridgehead atoms. The number of hydrogen-bond donors (Lipinski definition) is 0. The monoisotopic (exact) mass is 428 g/mol. The van der Waals surface area contributed by atoms with Gasteiger partial charge in [-0.05, 0) is 57.7 Å². The van der Waals surface area contributed by atoms with Crippen molar-refractivity contribution in [3.63, 3.8) is 0 Å². The van der Waals surface area contributed by atoms with E-state index in [1.54, 1.807) is 0 Å². The molecular formula is C17H18BrI. The number of rotatable bonds is 3. The normalized spacial score (nSPS) is 12.7. The lowest BCUT2D eigenvalue weighted by Gasteiger charge is -2.15. The molecule has 100 valence electrons. The van der Waals surface area contributed by atoms with E-state index in [-0.39, 0.29) is 4.83 Å². The zero-order valence-electron chi connectivity index (χ0n) is 11.5. The standard InChI is InChI=1S/C17H18BrI/c1-11(2)13-7-9-14(10-8-13)16(18)15-6-4-5-12(3)17(15)19/h4-11,16H,1-3H3. The summed E-state index contributed by atoms with van der Waals surface area (Å²) in [5.74, 6) is 0.585. The average Bonchev–Trinajstić information content (AvgIpc) is 2.41. The summed E-state index contributed by atoms with van der Waals surface area (Å²) in [6, 6.07) is 15.4. The highest BCUT2D eigenvalue weighted by atomic mass is 127. The van der Waals surface area contributed by atoms with Crippen LogP contribution in [0.3, 0.4) is 0 Å². The second-order valence-electron chi connectivity index (χ2n) is 5.16. The van der Waals surface area contributed by atoms with Crippen LogP contribution in [0.5, 0.6) is 0 Å². The van der Waals surface area contributed by atoms with Gasteiger partial charge in [0.2, 0.25) is 0 Å². The zero-order chi connectivity index (χ0) is 14.0. The number of halogens is 2. The van der Waals surface area contributed by atoms with Gasteiger partial charge in [0.1, 0.15) is 0 Å². The topological polar surface area (TPSA) is 0 Å². The minimum Gasteiger partial charge on any atom is -0.0786 e. The van der Waals surface area contributed by atoms with Crippen LogP contribution in [-0.2, 0) is 0 Å². The van der Waals surface area contributed by atoms with Crippen LogP contribution in [0, 0.1) is 10.5 Å². The molecule has 0 heterocycles. The van der Waals surface area contributed by atoms with Crippen LogP contribution in [0.4, 0.5) is 0 Å². The van der Waals surface area contributed by atoms with Crippen LogP contribution in [0.15, 0.2) is 42.5 Å². The van der Waals surface area contributed by atoms with Gasteiger partial charge in [0, 0.05) is 3.57 Å². The number of alkyl halides is 1. The van der Waals surface area contributed by atoms with E-state index in [1.165, 1.54) is 25.8 Å². The Morgan fingerprint density at radius 1 is 0.947 bits per heavy atom. The summed E-state index contributed by atoms with van der Waals surface area (Å²) in [6.45, 7) is 6.61. The molecule has 1 unspecified atom stereocenters. The van der Waals surface area contributed by atoms with E-state index in [2.05, 4.69) is 102 Å². The number of hydrogen-bond acceptors (Lipinski definition) is 0. The van der Waals surface area contributed by atoms with Crippen molar-refractivity contribution in [1.29, 1.82) is 0 Å². The summed E-state index contributed by atoms with van der Waals surface area (Å²) in [5.41, 5.74) is 5.38. The minimum absolute atomic E-state index is 0.264. The van der Waals surface area contributed by atoms with Gasteiger partial charge in [0.25, 0.3) is 0 Å². The van der Waals surface area contributed by atoms with Crippen LogP contribution >= 0.6 is 38.5 Å². The molecule has 2 rings (SSSR count). The molecule has 0 aromatic heterocycles. The van der Waals surface area contributed by atoms with Gasteiger partial charge in [-0.15, -0.1) is 0 Å². The molecule has 0 aliphatic rings. The molecule has 2 aromatic carbocycles. The van der Waals surface area contributed by atoms with E-state index in [0.29, 0.717) is 5.92 Å². The Labute approximate surface area is 137 Å². The largest absolute Gasteiger partial charge is 0.0786 e. The van der Waals surface area contributed by atoms with E-state index in [9.17, 15) is 0 Å². The second kappa shape index (κ2) is 6.40. The summed E-state index contributed by atoms with van der Waals surface area (Å²) in [5, 5.41) is 0. The lowest BCUT2D eigenvalue weighted by molar-refractivity contribution is 0.865. The van der Waals surface area contributed by atoms with Gasteiger partial charge in [-0.2, -0.15) is 0 Å². The van der Waals surface area contributed by atoms with Gasteiger partial charge in [-0.3, -0.25) is 0 Å². The SMILES string of the molecule is Cc1cccc(C(Br)c2ccc(C(C)C)cc2)c1I. The van der Waals surface area contributed by atoms with E-state index < -0.39 is 0 Å². The summed E-state index contributed by atoms with van der Waals surface area (Å²) in [6.07, 6.45) is 0. The molecule has 0 fully saturated rings. The second-order valence-corrected chi connectivity index (χ2v) is 7.16. The molecule has 0 aliphatic carbocycles. The van der Waals surface area contributed by atoms with Gasteiger partial charge in [0.15, 0.2) is 0 Å². The molecule has 0 nitrogen and oxygen atoms in total. The summed E-state index contributed by atoms with van der Waals surface area (Å²) >= 11 is 6.27. The number of benzene rings is 2. The molecule has 1 atom stereocenters. The zero-order valence-corrected chi connectivity index (χ0v) is 15.2. The van der Waals surface area contributed by atoms with Crippen molar-refractivity contribution in [3.8, 4) is 0 Å². The Bertz CT molecular complexity index is 558. The maximum absolute atomic E-state index is 3.84. The van der Waals surface area contributed by atoms with E-state index >= 15 is 0 Å². The Morgan fingerprint density at radius 2 is 1.53 bits per heavy atom. The smallest absolute Gasteiger partial charge is 0.0655 e. The quantitative estimate of drug-likeness (QED) is 0.402. The van der Waals surface area contributed by atoms with Gasteiger partial charge >= 0.3 is 0 Å². The molecule has 0 radical (unpaired) electrons. The summed E-state index contributed by atoms with van der Waals surface area (Å²) in [7, 11) is 0. The fourth-order valence-corrected chi connectivity index (χ4v) is 3.88. The lowest BCUT2D eigenvalue weighted by atomic mass is 9.98. The van der Waals surface area contributed by atoms with Crippen LogP contribution in [0.25, 0.3) is 0 Å². The first-order valence-corrected chi connectivity index (χ1v) is 8.49. The highest BCUT2D eigenvalue weighted by molar-refractivity contribution is 14.1. The molecular weight excluding hydrogens is 411 g/mol. The predicted octanol–water partition coefficient (Wildman–Crippen LogP) is 6.21. The van der Waals surface area contributed by atoms with E-state index in [1.807, 2.05) is 0 Å². The highest BCUT2D eigenvalue weighted by Gasteiger charge is 2.14. The van der Waals surface area contributed by atoms with Crippen LogP contribution in [0.1, 0.15) is 46.8 Å². The Balaban J connectivity index is 2.33. The lowest BCUT2D eigenvalue weighted by Crippen LogP contribution is -1.98. The molecule has 2 aromatic rings. The minimum atomic E-state index is 0.264. The first-order chi connectivity index (χ1) is 9.00. The van der Waals surface area contributed by atoms with Crippen molar-refractivity contribution in [2.24, 2.45) is 0 Å². The average molecular weight is 429 g/mol. The molecule has 0 N–H and O–H groups in total. The van der Waals surface area contributed by atoms with Crippen molar-refractivity contribution in [3.05, 3.63) is 68.3 Å². The maximum Gasteiger partial charge on any atom is 0.0655 e. The molecule has 0 spiro atoms. The fraction of sp³-hybridized carbons (Fsp3) is 0.294. The van der Waals surface area contributed by atoms with Crippen LogP contribution in [-0.4, -0.2) is 0 Å². The van der Waals surface area contributed by atoms with E-state index in [0.717, 1.165) is 0 Å². The third-order valence-corrected chi connectivity index (χ3v) is 5.89. The Morgan fingerprint density at radius 3 is 2.11 bits per heavy atom. The van der Waals surface area contributed by atoms with Gasteiger partial charge in [0.05, 0.1) is 4.83 Å². The van der Waals surface area contributed by atoms with Crippen molar-refractivity contribution in [2.45, 2.75) is 31.5 Å². The maximum atomic E-state index is 3.84. The summed E-state index contributed by atoms with van der Waals surface area (Å²) < 4.78 is 1.34. The first-order valence-electron chi connectivity index (χ1n) is 6.49.